The van der Waals surface area contributed by atoms with E-state index in [1.54, 1.807) is 6.92 Å². The number of halogens is 1. The summed E-state index contributed by atoms with van der Waals surface area (Å²) in [5, 5.41) is 0.144. The molecule has 13 heavy (non-hydrogen) atoms. The van der Waals surface area contributed by atoms with Crippen LogP contribution in [-0.2, 0) is 0 Å². The molecule has 0 aliphatic carbocycles. The van der Waals surface area contributed by atoms with E-state index in [0.717, 1.165) is 0 Å². The van der Waals surface area contributed by atoms with Crippen LogP contribution in [0.5, 0.6) is 0 Å². The second-order valence-corrected chi connectivity index (χ2v) is 2.77. The molecular formula is C7H4ClN3O2. The van der Waals surface area contributed by atoms with Crippen molar-refractivity contribution in [2.75, 3.05) is 0 Å². The molecule has 66 valence electrons. The van der Waals surface area contributed by atoms with E-state index in [9.17, 15) is 4.79 Å². The van der Waals surface area contributed by atoms with Crippen LogP contribution in [0.4, 0.5) is 0 Å². The van der Waals surface area contributed by atoms with Gasteiger partial charge in [-0.1, -0.05) is 11.6 Å². The molecule has 0 bridgehead atoms. The van der Waals surface area contributed by atoms with Gasteiger partial charge in [-0.05, 0) is 0 Å². The van der Waals surface area contributed by atoms with Crippen LogP contribution in [0, 0.1) is 6.92 Å². The van der Waals surface area contributed by atoms with Crippen LogP contribution in [0.2, 0.25) is 5.15 Å². The molecular weight excluding hydrogens is 194 g/mol. The summed E-state index contributed by atoms with van der Waals surface area (Å²) < 4.78 is 4.72. The van der Waals surface area contributed by atoms with E-state index in [4.69, 9.17) is 16.0 Å². The van der Waals surface area contributed by atoms with Gasteiger partial charge in [0.05, 0.1) is 6.20 Å². The maximum absolute atomic E-state index is 11.2. The normalized spacial score (nSPS) is 10.6. The molecule has 2 rings (SSSR count). The highest BCUT2D eigenvalue weighted by Crippen LogP contribution is 2.06. The molecule has 0 aliphatic heterocycles. The number of aromatic nitrogens is 3. The zero-order valence-corrected chi connectivity index (χ0v) is 7.37. The summed E-state index contributed by atoms with van der Waals surface area (Å²) in [5.74, 6) is 0.258. The van der Waals surface area contributed by atoms with Gasteiger partial charge < -0.3 is 4.42 Å². The van der Waals surface area contributed by atoms with E-state index in [2.05, 4.69) is 15.0 Å². The van der Waals surface area contributed by atoms with Crippen molar-refractivity contribution in [3.8, 4) is 0 Å². The minimum atomic E-state index is -0.572. The number of fused-ring (bicyclic) bond motifs is 1. The van der Waals surface area contributed by atoms with Crippen molar-refractivity contribution in [2.45, 2.75) is 6.92 Å². The molecule has 0 fully saturated rings. The summed E-state index contributed by atoms with van der Waals surface area (Å²) >= 11 is 5.55. The molecule has 0 radical (unpaired) electrons. The second kappa shape index (κ2) is 2.77. The predicted octanol–water partition coefficient (Wildman–Crippen LogP) is 0.940. The van der Waals surface area contributed by atoms with E-state index in [-0.39, 0.29) is 22.2 Å². The summed E-state index contributed by atoms with van der Waals surface area (Å²) in [4.78, 5) is 22.6. The third-order valence-electron chi connectivity index (χ3n) is 1.42. The molecule has 6 heteroatoms. The van der Waals surface area contributed by atoms with Crippen molar-refractivity contribution in [1.82, 2.24) is 15.0 Å². The largest absolute Gasteiger partial charge is 0.407 e. The third-order valence-corrected chi connectivity index (χ3v) is 1.60. The fourth-order valence-corrected chi connectivity index (χ4v) is 1.07. The Morgan fingerprint density at radius 2 is 2.23 bits per heavy atom. The molecule has 0 N–H and O–H groups in total. The molecule has 0 aromatic carbocycles. The van der Waals surface area contributed by atoms with Gasteiger partial charge in [0, 0.05) is 6.92 Å². The molecule has 5 nitrogen and oxygen atoms in total. The molecule has 2 heterocycles. The fourth-order valence-electron chi connectivity index (χ4n) is 0.934. The van der Waals surface area contributed by atoms with E-state index < -0.39 is 5.63 Å². The first-order valence-corrected chi connectivity index (χ1v) is 3.84. The molecule has 0 spiro atoms. The average Bonchev–Trinajstić information content (AvgIpc) is 2.06. The predicted molar refractivity (Wildman–Crippen MR) is 45.6 cm³/mol. The molecule has 0 aliphatic rings. The number of rotatable bonds is 0. The Balaban J connectivity index is 2.95. The number of nitrogens with zero attached hydrogens (tertiary/aromatic N) is 3. The first kappa shape index (κ1) is 8.12. The van der Waals surface area contributed by atoms with Crippen LogP contribution >= 0.6 is 11.6 Å². The minimum Gasteiger partial charge on any atom is -0.407 e. The van der Waals surface area contributed by atoms with Gasteiger partial charge in [0.2, 0.25) is 0 Å². The van der Waals surface area contributed by atoms with Gasteiger partial charge in [0.25, 0.3) is 0 Å². The van der Waals surface area contributed by atoms with Crippen LogP contribution in [0.1, 0.15) is 5.89 Å². The Morgan fingerprint density at radius 3 is 3.00 bits per heavy atom. The highest BCUT2D eigenvalue weighted by Gasteiger charge is 2.06. The van der Waals surface area contributed by atoms with E-state index in [1.807, 2.05) is 0 Å². The topological polar surface area (TPSA) is 68.9 Å². The van der Waals surface area contributed by atoms with Crippen LogP contribution < -0.4 is 5.63 Å². The Labute approximate surface area is 77.4 Å². The lowest BCUT2D eigenvalue weighted by molar-refractivity contribution is 0.465. The smallest absolute Gasteiger partial charge is 0.367 e. The zero-order chi connectivity index (χ0) is 9.42. The standard InChI is InChI=1S/C7H4ClN3O2/c1-3-10-6-5(7(12)13-3)11-4(8)2-9-6/h2H,1H3. The fraction of sp³-hybridized carbons (Fsp3) is 0.143. The Morgan fingerprint density at radius 1 is 1.46 bits per heavy atom. The summed E-state index contributed by atoms with van der Waals surface area (Å²) in [6.45, 7) is 1.57. The maximum Gasteiger partial charge on any atom is 0.367 e. The van der Waals surface area contributed by atoms with Crippen molar-refractivity contribution < 1.29 is 4.42 Å². The van der Waals surface area contributed by atoms with Crippen molar-refractivity contribution in [3.05, 3.63) is 27.7 Å². The van der Waals surface area contributed by atoms with E-state index in [1.165, 1.54) is 6.20 Å². The van der Waals surface area contributed by atoms with Crippen LogP contribution in [-0.4, -0.2) is 15.0 Å². The second-order valence-electron chi connectivity index (χ2n) is 2.39. The third kappa shape index (κ3) is 1.38. The van der Waals surface area contributed by atoms with Gasteiger partial charge in [0.1, 0.15) is 5.15 Å². The lowest BCUT2D eigenvalue weighted by atomic mass is 10.5. The van der Waals surface area contributed by atoms with Crippen molar-refractivity contribution in [3.63, 3.8) is 0 Å². The van der Waals surface area contributed by atoms with Gasteiger partial charge >= 0.3 is 5.63 Å². The zero-order valence-electron chi connectivity index (χ0n) is 6.61. The SMILES string of the molecule is Cc1nc2ncc(Cl)nc2c(=O)o1. The molecule has 0 amide bonds. The van der Waals surface area contributed by atoms with Crippen LogP contribution in [0.3, 0.4) is 0 Å². The van der Waals surface area contributed by atoms with E-state index >= 15 is 0 Å². The first-order chi connectivity index (χ1) is 6.16. The Hall–Kier alpha value is -1.49. The summed E-state index contributed by atoms with van der Waals surface area (Å²) in [6, 6.07) is 0. The van der Waals surface area contributed by atoms with Gasteiger partial charge in [0.15, 0.2) is 17.1 Å². The summed E-state index contributed by atoms with van der Waals surface area (Å²) in [6.07, 6.45) is 1.33. The average molecular weight is 198 g/mol. The lowest BCUT2D eigenvalue weighted by Gasteiger charge is -1.94. The monoisotopic (exact) mass is 197 g/mol. The quantitative estimate of drug-likeness (QED) is 0.629. The molecule has 0 saturated carbocycles. The van der Waals surface area contributed by atoms with Gasteiger partial charge in [-0.3, -0.25) is 0 Å². The maximum atomic E-state index is 11.2. The first-order valence-electron chi connectivity index (χ1n) is 3.47. The molecule has 0 atom stereocenters. The molecule has 0 saturated heterocycles. The number of aryl methyl sites for hydroxylation is 1. The van der Waals surface area contributed by atoms with Gasteiger partial charge in [-0.2, -0.15) is 4.98 Å². The highest BCUT2D eigenvalue weighted by atomic mass is 35.5. The van der Waals surface area contributed by atoms with Crippen molar-refractivity contribution in [2.24, 2.45) is 0 Å². The number of hydrogen-bond donors (Lipinski definition) is 0. The van der Waals surface area contributed by atoms with Gasteiger partial charge in [-0.25, -0.2) is 14.8 Å². The minimum absolute atomic E-state index is 0.0538. The Kier molecular flexibility index (Phi) is 1.73. The summed E-state index contributed by atoms with van der Waals surface area (Å²) in [7, 11) is 0. The highest BCUT2D eigenvalue weighted by molar-refractivity contribution is 6.29. The molecule has 0 unspecified atom stereocenters. The number of hydrogen-bond acceptors (Lipinski definition) is 5. The van der Waals surface area contributed by atoms with Crippen molar-refractivity contribution >= 4 is 22.8 Å². The summed E-state index contributed by atoms with van der Waals surface area (Å²) in [5.41, 5.74) is -0.270. The molecule has 2 aromatic rings. The lowest BCUT2D eigenvalue weighted by Crippen LogP contribution is -2.06. The Bertz CT molecular complexity index is 523. The van der Waals surface area contributed by atoms with Crippen molar-refractivity contribution in [1.29, 1.82) is 0 Å². The van der Waals surface area contributed by atoms with E-state index in [0.29, 0.717) is 0 Å². The molecule has 2 aromatic heterocycles. The van der Waals surface area contributed by atoms with Gasteiger partial charge in [-0.15, -0.1) is 0 Å². The van der Waals surface area contributed by atoms with Crippen LogP contribution in [0.25, 0.3) is 11.2 Å². The van der Waals surface area contributed by atoms with Crippen LogP contribution in [0.15, 0.2) is 15.4 Å².